The van der Waals surface area contributed by atoms with Gasteiger partial charge in [0.1, 0.15) is 0 Å². The van der Waals surface area contributed by atoms with Crippen molar-refractivity contribution in [2.75, 3.05) is 18.5 Å². The number of aliphatic carboxylic acids is 1. The van der Waals surface area contributed by atoms with Gasteiger partial charge in [-0.3, -0.25) is 4.79 Å². The maximum Gasteiger partial charge on any atom is 0.309 e. The fourth-order valence-corrected chi connectivity index (χ4v) is 2.95. The summed E-state index contributed by atoms with van der Waals surface area (Å²) < 4.78 is 5.34. The van der Waals surface area contributed by atoms with Crippen LogP contribution in [0.3, 0.4) is 0 Å². The summed E-state index contributed by atoms with van der Waals surface area (Å²) in [6, 6.07) is 0.345. The molecule has 0 aromatic carbocycles. The molecule has 0 saturated carbocycles. The van der Waals surface area contributed by atoms with Crippen LogP contribution in [0.1, 0.15) is 25.5 Å². The third-order valence-electron chi connectivity index (χ3n) is 3.21. The van der Waals surface area contributed by atoms with Crippen LogP contribution in [0.5, 0.6) is 0 Å². The molecular formula is C12H18N2O3S. The Morgan fingerprint density at radius 1 is 1.67 bits per heavy atom. The number of nitrogens with zero attached hydrogens (tertiary/aromatic N) is 1. The minimum absolute atomic E-state index is 0.0101. The summed E-state index contributed by atoms with van der Waals surface area (Å²) in [5, 5.41) is 14.7. The summed E-state index contributed by atoms with van der Waals surface area (Å²) >= 11 is 1.47. The van der Waals surface area contributed by atoms with Gasteiger partial charge in [0.25, 0.3) is 0 Å². The Bertz CT molecular complexity index is 402. The molecule has 0 radical (unpaired) electrons. The number of ether oxygens (including phenoxy) is 1. The molecule has 1 unspecified atom stereocenters. The topological polar surface area (TPSA) is 71.5 Å². The molecule has 0 aliphatic carbocycles. The van der Waals surface area contributed by atoms with Crippen LogP contribution in [0.25, 0.3) is 0 Å². The molecule has 100 valence electrons. The molecule has 1 aromatic rings. The van der Waals surface area contributed by atoms with Gasteiger partial charge < -0.3 is 15.2 Å². The van der Waals surface area contributed by atoms with Crippen molar-refractivity contribution in [2.24, 2.45) is 5.92 Å². The van der Waals surface area contributed by atoms with E-state index < -0.39 is 5.97 Å². The molecule has 2 N–H and O–H groups in total. The first-order valence-corrected chi connectivity index (χ1v) is 7.03. The average molecular weight is 270 g/mol. The minimum atomic E-state index is -0.843. The number of rotatable bonds is 5. The maximum atomic E-state index is 10.6. The van der Waals surface area contributed by atoms with Crippen molar-refractivity contribution in [1.29, 1.82) is 0 Å². The summed E-state index contributed by atoms with van der Waals surface area (Å²) in [6.45, 7) is 3.81. The van der Waals surface area contributed by atoms with Crippen molar-refractivity contribution in [2.45, 2.75) is 32.2 Å². The Balaban J connectivity index is 1.87. The van der Waals surface area contributed by atoms with E-state index in [2.05, 4.69) is 17.2 Å². The lowest BCUT2D eigenvalue weighted by Gasteiger charge is -2.28. The third kappa shape index (κ3) is 3.68. The van der Waals surface area contributed by atoms with Crippen molar-refractivity contribution < 1.29 is 14.6 Å². The highest BCUT2D eigenvalue weighted by Gasteiger charge is 2.21. The zero-order valence-electron chi connectivity index (χ0n) is 10.4. The van der Waals surface area contributed by atoms with Crippen molar-refractivity contribution in [3.05, 3.63) is 11.1 Å². The largest absolute Gasteiger partial charge is 0.481 e. The SMILES string of the molecule is CC(Nc1nc(CC(=O)O)cs1)C1CCOCC1. The van der Waals surface area contributed by atoms with Crippen molar-refractivity contribution in [1.82, 2.24) is 4.98 Å². The fourth-order valence-electron chi connectivity index (χ4n) is 2.14. The molecule has 2 rings (SSSR count). The monoisotopic (exact) mass is 270 g/mol. The first-order chi connectivity index (χ1) is 8.65. The first-order valence-electron chi connectivity index (χ1n) is 6.15. The van der Waals surface area contributed by atoms with E-state index in [0.29, 0.717) is 17.7 Å². The van der Waals surface area contributed by atoms with Gasteiger partial charge in [0, 0.05) is 24.6 Å². The quantitative estimate of drug-likeness (QED) is 0.856. The van der Waals surface area contributed by atoms with Crippen LogP contribution in [-0.2, 0) is 16.0 Å². The van der Waals surface area contributed by atoms with Gasteiger partial charge in [-0.05, 0) is 25.7 Å². The molecule has 2 heterocycles. The van der Waals surface area contributed by atoms with Gasteiger partial charge in [-0.15, -0.1) is 11.3 Å². The van der Waals surface area contributed by atoms with E-state index in [0.717, 1.165) is 31.2 Å². The predicted molar refractivity (Wildman–Crippen MR) is 70.1 cm³/mol. The molecule has 6 heteroatoms. The molecule has 0 spiro atoms. The van der Waals surface area contributed by atoms with Gasteiger partial charge >= 0.3 is 5.97 Å². The number of carboxylic acids is 1. The highest BCUT2D eigenvalue weighted by atomic mass is 32.1. The number of thiazole rings is 1. The molecule has 0 amide bonds. The Hall–Kier alpha value is -1.14. The van der Waals surface area contributed by atoms with Gasteiger partial charge in [-0.25, -0.2) is 4.98 Å². The van der Waals surface area contributed by atoms with E-state index in [4.69, 9.17) is 9.84 Å². The summed E-state index contributed by atoms with van der Waals surface area (Å²) in [7, 11) is 0. The summed E-state index contributed by atoms with van der Waals surface area (Å²) in [5.41, 5.74) is 0.620. The molecule has 0 bridgehead atoms. The second kappa shape index (κ2) is 6.15. The Morgan fingerprint density at radius 2 is 2.39 bits per heavy atom. The van der Waals surface area contributed by atoms with Crippen LogP contribution in [0.15, 0.2) is 5.38 Å². The lowest BCUT2D eigenvalue weighted by molar-refractivity contribution is -0.136. The number of nitrogens with one attached hydrogen (secondary N) is 1. The number of carboxylic acid groups (broad SMARTS) is 1. The smallest absolute Gasteiger partial charge is 0.309 e. The van der Waals surface area contributed by atoms with Crippen molar-refractivity contribution in [3.8, 4) is 0 Å². The second-order valence-corrected chi connectivity index (χ2v) is 5.46. The zero-order chi connectivity index (χ0) is 13.0. The van der Waals surface area contributed by atoms with Gasteiger partial charge in [-0.2, -0.15) is 0 Å². The summed E-state index contributed by atoms with van der Waals surface area (Å²) in [4.78, 5) is 14.9. The number of hydrogen-bond acceptors (Lipinski definition) is 5. The molecule has 5 nitrogen and oxygen atoms in total. The van der Waals surface area contributed by atoms with E-state index >= 15 is 0 Å². The second-order valence-electron chi connectivity index (χ2n) is 4.60. The third-order valence-corrected chi connectivity index (χ3v) is 4.03. The lowest BCUT2D eigenvalue weighted by Crippen LogP contribution is -2.30. The number of aromatic nitrogens is 1. The zero-order valence-corrected chi connectivity index (χ0v) is 11.2. The van der Waals surface area contributed by atoms with E-state index in [1.807, 2.05) is 0 Å². The number of hydrogen-bond donors (Lipinski definition) is 2. The molecule has 18 heavy (non-hydrogen) atoms. The van der Waals surface area contributed by atoms with Crippen LogP contribution in [0, 0.1) is 5.92 Å². The molecule has 1 aliphatic rings. The average Bonchev–Trinajstić information content (AvgIpc) is 2.76. The highest BCUT2D eigenvalue weighted by Crippen LogP contribution is 2.23. The van der Waals surface area contributed by atoms with E-state index in [9.17, 15) is 4.79 Å². The van der Waals surface area contributed by atoms with Gasteiger partial charge in [-0.1, -0.05) is 0 Å². The molecule has 1 saturated heterocycles. The minimum Gasteiger partial charge on any atom is -0.481 e. The molecule has 1 atom stereocenters. The van der Waals surface area contributed by atoms with Crippen LogP contribution in [0.4, 0.5) is 5.13 Å². The lowest BCUT2D eigenvalue weighted by atomic mass is 9.93. The van der Waals surface area contributed by atoms with E-state index in [1.165, 1.54) is 11.3 Å². The molecule has 1 fully saturated rings. The molecule has 1 aromatic heterocycles. The molecule has 1 aliphatic heterocycles. The van der Waals surface area contributed by atoms with E-state index in [-0.39, 0.29) is 6.42 Å². The van der Waals surface area contributed by atoms with Crippen LogP contribution < -0.4 is 5.32 Å². The Kier molecular flexibility index (Phi) is 4.54. The van der Waals surface area contributed by atoms with Gasteiger partial charge in [0.15, 0.2) is 5.13 Å². The predicted octanol–water partition coefficient (Wildman–Crippen LogP) is 2.00. The highest BCUT2D eigenvalue weighted by molar-refractivity contribution is 7.13. The fraction of sp³-hybridized carbons (Fsp3) is 0.667. The molecular weight excluding hydrogens is 252 g/mol. The van der Waals surface area contributed by atoms with Crippen LogP contribution in [0.2, 0.25) is 0 Å². The van der Waals surface area contributed by atoms with Gasteiger partial charge in [0.05, 0.1) is 12.1 Å². The Morgan fingerprint density at radius 3 is 3.06 bits per heavy atom. The normalized spacial score (nSPS) is 18.5. The summed E-state index contributed by atoms with van der Waals surface area (Å²) in [5.74, 6) is -0.241. The van der Waals surface area contributed by atoms with Crippen LogP contribution >= 0.6 is 11.3 Å². The number of anilines is 1. The summed E-state index contributed by atoms with van der Waals surface area (Å²) in [6.07, 6.45) is 2.13. The van der Waals surface area contributed by atoms with Crippen LogP contribution in [-0.4, -0.2) is 35.3 Å². The van der Waals surface area contributed by atoms with E-state index in [1.54, 1.807) is 5.38 Å². The standard InChI is InChI=1S/C12H18N2O3S/c1-8(9-2-4-17-5-3-9)13-12-14-10(7-18-12)6-11(15)16/h7-9H,2-6H2,1H3,(H,13,14)(H,15,16). The van der Waals surface area contributed by atoms with Crippen molar-refractivity contribution in [3.63, 3.8) is 0 Å². The first kappa shape index (κ1) is 13.3. The Labute approximate surface area is 110 Å². The van der Waals surface area contributed by atoms with Gasteiger partial charge in [0.2, 0.25) is 0 Å². The van der Waals surface area contributed by atoms with Crippen molar-refractivity contribution >= 4 is 22.4 Å². The maximum absolute atomic E-state index is 10.6. The number of carbonyl (C=O) groups is 1.